The minimum atomic E-state index is -0.828. The molecule has 0 aliphatic carbocycles. The third-order valence-electron chi connectivity index (χ3n) is 4.59. The van der Waals surface area contributed by atoms with Gasteiger partial charge < -0.3 is 14.8 Å². The van der Waals surface area contributed by atoms with Crippen LogP contribution >= 0.6 is 0 Å². The lowest BCUT2D eigenvalue weighted by molar-refractivity contribution is -0.125. The van der Waals surface area contributed by atoms with Gasteiger partial charge in [-0.25, -0.2) is 4.98 Å². The smallest absolute Gasteiger partial charge is 0.270 e. The normalized spacial score (nSPS) is 15.7. The van der Waals surface area contributed by atoms with Crippen LogP contribution in [0, 0.1) is 6.92 Å². The van der Waals surface area contributed by atoms with Crippen molar-refractivity contribution in [2.24, 2.45) is 0 Å². The number of aromatic amines is 1. The number of aromatic nitrogens is 4. The van der Waals surface area contributed by atoms with E-state index in [1.807, 2.05) is 32.9 Å². The second-order valence-corrected chi connectivity index (χ2v) is 8.14. The number of fused-ring (bicyclic) bond motifs is 1. The number of H-pyrrole nitrogens is 1. The molecule has 3 aromatic rings. The van der Waals surface area contributed by atoms with Gasteiger partial charge in [0, 0.05) is 23.2 Å². The predicted molar refractivity (Wildman–Crippen MR) is 110 cm³/mol. The third kappa shape index (κ3) is 3.91. The number of benzene rings is 1. The van der Waals surface area contributed by atoms with E-state index in [0.717, 1.165) is 5.69 Å². The van der Waals surface area contributed by atoms with E-state index in [2.05, 4.69) is 20.4 Å². The number of anilines is 1. The van der Waals surface area contributed by atoms with Crippen molar-refractivity contribution in [1.29, 1.82) is 0 Å². The summed E-state index contributed by atoms with van der Waals surface area (Å²) in [5.41, 5.74) is 0.689. The van der Waals surface area contributed by atoms with Crippen molar-refractivity contribution in [2.45, 2.75) is 39.2 Å². The van der Waals surface area contributed by atoms with E-state index in [0.29, 0.717) is 23.0 Å². The molecule has 0 spiro atoms. The van der Waals surface area contributed by atoms with Gasteiger partial charge in [-0.2, -0.15) is 9.78 Å². The first-order valence-corrected chi connectivity index (χ1v) is 9.59. The fourth-order valence-electron chi connectivity index (χ4n) is 3.02. The monoisotopic (exact) mass is 409 g/mol. The molecule has 2 N–H and O–H groups in total. The van der Waals surface area contributed by atoms with E-state index >= 15 is 0 Å². The van der Waals surface area contributed by atoms with Crippen LogP contribution in [0.4, 0.5) is 5.82 Å². The molecule has 1 atom stereocenters. The second kappa shape index (κ2) is 7.33. The van der Waals surface area contributed by atoms with Crippen LogP contribution < -0.4 is 20.3 Å². The molecule has 1 amide bonds. The Balaban J connectivity index is 1.65. The Morgan fingerprint density at radius 3 is 2.67 bits per heavy atom. The van der Waals surface area contributed by atoms with Crippen molar-refractivity contribution in [2.75, 3.05) is 11.9 Å². The molecule has 30 heavy (non-hydrogen) atoms. The quantitative estimate of drug-likeness (QED) is 0.687. The molecule has 0 radical (unpaired) electrons. The first-order chi connectivity index (χ1) is 14.2. The van der Waals surface area contributed by atoms with Gasteiger partial charge in [-0.05, 0) is 19.1 Å². The van der Waals surface area contributed by atoms with Crippen LogP contribution in [0.1, 0.15) is 32.2 Å². The van der Waals surface area contributed by atoms with Crippen molar-refractivity contribution >= 4 is 11.7 Å². The number of rotatable bonds is 3. The van der Waals surface area contributed by atoms with E-state index in [-0.39, 0.29) is 29.4 Å². The van der Waals surface area contributed by atoms with E-state index in [1.165, 1.54) is 10.7 Å². The Hall–Kier alpha value is -3.62. The highest BCUT2D eigenvalue weighted by atomic mass is 16.6. The number of aryl methyl sites for hydroxylation is 1. The lowest BCUT2D eigenvalue weighted by Crippen LogP contribution is -2.40. The van der Waals surface area contributed by atoms with Crippen molar-refractivity contribution in [3.63, 3.8) is 0 Å². The van der Waals surface area contributed by atoms with Gasteiger partial charge >= 0.3 is 0 Å². The maximum Gasteiger partial charge on any atom is 0.270 e. The molecule has 2 aromatic heterocycles. The Kier molecular flexibility index (Phi) is 4.81. The second-order valence-electron chi connectivity index (χ2n) is 8.14. The zero-order valence-electron chi connectivity index (χ0n) is 17.2. The summed E-state index contributed by atoms with van der Waals surface area (Å²) < 4.78 is 12.8. The molecule has 0 saturated carbocycles. The summed E-state index contributed by atoms with van der Waals surface area (Å²) in [5.74, 6) is 1.32. The summed E-state index contributed by atoms with van der Waals surface area (Å²) >= 11 is 0. The third-order valence-corrected chi connectivity index (χ3v) is 4.59. The number of amides is 1. The Labute approximate surface area is 173 Å². The summed E-state index contributed by atoms with van der Waals surface area (Å²) in [7, 11) is 0. The molecule has 0 fully saturated rings. The van der Waals surface area contributed by atoms with Gasteiger partial charge in [-0.1, -0.05) is 32.9 Å². The molecule has 9 nitrogen and oxygen atoms in total. The molecule has 0 bridgehead atoms. The number of nitrogens with zero attached hydrogens (tertiary/aromatic N) is 3. The molecule has 4 rings (SSSR count). The highest BCUT2D eigenvalue weighted by Crippen LogP contribution is 2.31. The van der Waals surface area contributed by atoms with E-state index in [1.54, 1.807) is 25.1 Å². The predicted octanol–water partition coefficient (Wildman–Crippen LogP) is 2.34. The van der Waals surface area contributed by atoms with Crippen LogP contribution in [0.3, 0.4) is 0 Å². The Morgan fingerprint density at radius 1 is 1.23 bits per heavy atom. The van der Waals surface area contributed by atoms with E-state index < -0.39 is 6.10 Å². The topological polar surface area (TPSA) is 111 Å². The number of carbonyl (C=O) groups excluding carboxylic acids is 1. The zero-order valence-corrected chi connectivity index (χ0v) is 17.2. The van der Waals surface area contributed by atoms with Gasteiger partial charge in [-0.15, -0.1) is 0 Å². The van der Waals surface area contributed by atoms with Crippen LogP contribution in [-0.2, 0) is 10.2 Å². The Morgan fingerprint density at radius 2 is 1.97 bits per heavy atom. The van der Waals surface area contributed by atoms with Gasteiger partial charge in [0.25, 0.3) is 11.5 Å². The number of nitrogens with one attached hydrogen (secondary N) is 2. The van der Waals surface area contributed by atoms with Crippen molar-refractivity contribution in [1.82, 2.24) is 19.7 Å². The van der Waals surface area contributed by atoms with Crippen molar-refractivity contribution in [3.8, 4) is 17.4 Å². The zero-order chi connectivity index (χ0) is 21.5. The van der Waals surface area contributed by atoms with Gasteiger partial charge in [-0.3, -0.25) is 14.6 Å². The van der Waals surface area contributed by atoms with Crippen LogP contribution in [0.25, 0.3) is 5.95 Å². The van der Waals surface area contributed by atoms with Crippen LogP contribution in [-0.4, -0.2) is 38.4 Å². The van der Waals surface area contributed by atoms with E-state index in [9.17, 15) is 9.59 Å². The lowest BCUT2D eigenvalue weighted by Gasteiger charge is -2.25. The number of carbonyl (C=O) groups is 1. The Bertz CT molecular complexity index is 1160. The molecule has 1 aromatic carbocycles. The molecule has 156 valence electrons. The molecule has 0 saturated heterocycles. The molecular formula is C21H23N5O4. The van der Waals surface area contributed by atoms with Crippen molar-refractivity contribution < 1.29 is 14.3 Å². The first-order valence-electron chi connectivity index (χ1n) is 9.59. The number of ether oxygens (including phenoxy) is 2. The molecule has 9 heteroatoms. The summed E-state index contributed by atoms with van der Waals surface area (Å²) in [5, 5.41) is 7.40. The number of para-hydroxylation sites is 2. The van der Waals surface area contributed by atoms with Gasteiger partial charge in [0.1, 0.15) is 12.4 Å². The number of hydrogen-bond acceptors (Lipinski definition) is 6. The molecule has 1 aliphatic heterocycles. The minimum absolute atomic E-state index is 0.0860. The maximum atomic E-state index is 12.9. The first kappa shape index (κ1) is 19.7. The maximum absolute atomic E-state index is 12.9. The van der Waals surface area contributed by atoms with Crippen LogP contribution in [0.2, 0.25) is 0 Å². The van der Waals surface area contributed by atoms with Crippen LogP contribution in [0.15, 0.2) is 41.2 Å². The van der Waals surface area contributed by atoms with Gasteiger partial charge in [0.15, 0.2) is 11.5 Å². The molecule has 3 heterocycles. The molecular weight excluding hydrogens is 386 g/mol. The highest BCUT2D eigenvalue weighted by Gasteiger charge is 2.29. The summed E-state index contributed by atoms with van der Waals surface area (Å²) in [4.78, 5) is 31.8. The standard InChI is InChI=1S/C21H23N5O4/c1-12-9-18(27)24-20(22-12)26-17(10-16(25-26)21(2,3)4)23-19(28)15-11-29-13-7-5-6-8-14(13)30-15/h5-10,15H,11H2,1-4H3,(H,23,28)(H,22,24,27). The average molecular weight is 409 g/mol. The van der Waals surface area contributed by atoms with Crippen LogP contribution in [0.5, 0.6) is 11.5 Å². The van der Waals surface area contributed by atoms with Gasteiger partial charge in [0.05, 0.1) is 5.69 Å². The van der Waals surface area contributed by atoms with Crippen molar-refractivity contribution in [3.05, 3.63) is 58.1 Å². The molecule has 1 unspecified atom stereocenters. The average Bonchev–Trinajstić information content (AvgIpc) is 3.11. The largest absolute Gasteiger partial charge is 0.485 e. The summed E-state index contributed by atoms with van der Waals surface area (Å²) in [6.07, 6.45) is -0.828. The molecule has 1 aliphatic rings. The lowest BCUT2D eigenvalue weighted by atomic mass is 9.92. The van der Waals surface area contributed by atoms with E-state index in [4.69, 9.17) is 9.47 Å². The van der Waals surface area contributed by atoms with Gasteiger partial charge in [0.2, 0.25) is 12.1 Å². The summed E-state index contributed by atoms with van der Waals surface area (Å²) in [6, 6.07) is 10.3. The highest BCUT2D eigenvalue weighted by molar-refractivity contribution is 5.94. The number of hydrogen-bond donors (Lipinski definition) is 2. The summed E-state index contributed by atoms with van der Waals surface area (Å²) in [6.45, 7) is 7.82. The fraction of sp³-hybridized carbons (Fsp3) is 0.333. The fourth-order valence-corrected chi connectivity index (χ4v) is 3.02. The SMILES string of the molecule is Cc1cc(=O)[nH]c(-n2nc(C(C)(C)C)cc2NC(=O)C2COc3ccccc3O2)n1. The minimum Gasteiger partial charge on any atom is -0.485 e.